The molecule has 0 saturated carbocycles. The van der Waals surface area contributed by atoms with Crippen LogP contribution in [-0.4, -0.2) is 23.1 Å². The van der Waals surface area contributed by atoms with E-state index < -0.39 is 17.5 Å². The maximum absolute atomic E-state index is 12.9. The zero-order valence-electron chi connectivity index (χ0n) is 16.1. The van der Waals surface area contributed by atoms with Crippen molar-refractivity contribution in [1.82, 2.24) is 4.57 Å². The van der Waals surface area contributed by atoms with Crippen LogP contribution in [0.4, 0.5) is 0 Å². The molecule has 0 aliphatic heterocycles. The van der Waals surface area contributed by atoms with Crippen LogP contribution in [0.25, 0.3) is 21.2 Å². The molecule has 0 N–H and O–H groups in total. The third-order valence-electron chi connectivity index (χ3n) is 4.40. The van der Waals surface area contributed by atoms with E-state index in [4.69, 9.17) is 32.4 Å². The van der Waals surface area contributed by atoms with E-state index in [9.17, 15) is 14.4 Å². The number of nitrogens with zero attached hydrogens (tertiary/aromatic N) is 2. The van der Waals surface area contributed by atoms with Crippen LogP contribution in [0, 0.1) is 0 Å². The molecule has 2 aromatic carbocycles. The van der Waals surface area contributed by atoms with E-state index in [1.807, 2.05) is 0 Å². The van der Waals surface area contributed by atoms with Crippen LogP contribution in [-0.2, 0) is 16.1 Å². The van der Waals surface area contributed by atoms with Crippen LogP contribution in [0.2, 0.25) is 10.0 Å². The van der Waals surface area contributed by atoms with Crippen LogP contribution >= 0.6 is 34.5 Å². The van der Waals surface area contributed by atoms with E-state index >= 15 is 0 Å². The fourth-order valence-corrected chi connectivity index (χ4v) is 4.54. The Bertz CT molecular complexity index is 1470. The lowest BCUT2D eigenvalue weighted by Crippen LogP contribution is -2.24. The van der Waals surface area contributed by atoms with Gasteiger partial charge in [-0.05, 0) is 31.2 Å². The highest BCUT2D eigenvalue weighted by molar-refractivity contribution is 7.16. The van der Waals surface area contributed by atoms with Gasteiger partial charge in [0.2, 0.25) is 0 Å². The number of fused-ring (bicyclic) bond motifs is 2. The molecule has 0 spiro atoms. The lowest BCUT2D eigenvalue weighted by molar-refractivity contribution is -0.143. The fraction of sp³-hybridized carbons (Fsp3) is 0.143. The number of ether oxygens (including phenoxy) is 1. The number of para-hydroxylation sites is 1. The number of rotatable bonds is 4. The van der Waals surface area contributed by atoms with Gasteiger partial charge in [0, 0.05) is 5.39 Å². The van der Waals surface area contributed by atoms with Gasteiger partial charge in [-0.15, -0.1) is 0 Å². The predicted molar refractivity (Wildman–Crippen MR) is 119 cm³/mol. The molecular formula is C21H14Cl2N2O5S. The smallest absolute Gasteiger partial charge is 0.349 e. The monoisotopic (exact) mass is 476 g/mol. The first-order chi connectivity index (χ1) is 14.9. The van der Waals surface area contributed by atoms with Crippen molar-refractivity contribution < 1.29 is 18.7 Å². The maximum atomic E-state index is 12.9. The summed E-state index contributed by atoms with van der Waals surface area (Å²) in [4.78, 5) is 41.6. The molecule has 2 aromatic heterocycles. The molecule has 31 heavy (non-hydrogen) atoms. The number of aromatic nitrogens is 1. The molecule has 0 unspecified atom stereocenters. The third-order valence-corrected chi connectivity index (χ3v) is 6.23. The highest BCUT2D eigenvalue weighted by Crippen LogP contribution is 2.32. The van der Waals surface area contributed by atoms with E-state index in [1.165, 1.54) is 10.6 Å². The molecule has 0 saturated heterocycles. The van der Waals surface area contributed by atoms with Gasteiger partial charge >= 0.3 is 11.6 Å². The predicted octanol–water partition coefficient (Wildman–Crippen LogP) is 4.42. The lowest BCUT2D eigenvalue weighted by Gasteiger charge is -2.07. The van der Waals surface area contributed by atoms with Gasteiger partial charge in [-0.2, -0.15) is 4.99 Å². The molecule has 0 bridgehead atoms. The maximum Gasteiger partial charge on any atom is 0.349 e. The van der Waals surface area contributed by atoms with Crippen LogP contribution in [0.3, 0.4) is 0 Å². The number of benzene rings is 2. The summed E-state index contributed by atoms with van der Waals surface area (Å²) in [6.07, 6.45) is 0. The molecule has 4 rings (SSSR count). The first-order valence-corrected chi connectivity index (χ1v) is 10.7. The summed E-state index contributed by atoms with van der Waals surface area (Å²) in [7, 11) is 0. The molecule has 7 nitrogen and oxygen atoms in total. The minimum absolute atomic E-state index is 0.171. The number of carbonyl (C=O) groups is 2. The molecule has 158 valence electrons. The van der Waals surface area contributed by atoms with Gasteiger partial charge in [0.25, 0.3) is 5.91 Å². The summed E-state index contributed by atoms with van der Waals surface area (Å²) < 4.78 is 12.4. The quantitative estimate of drug-likeness (QED) is 0.321. The number of hydrogen-bond acceptors (Lipinski definition) is 6. The van der Waals surface area contributed by atoms with Gasteiger partial charge in [0.05, 0.1) is 26.9 Å². The zero-order valence-corrected chi connectivity index (χ0v) is 18.4. The van der Waals surface area contributed by atoms with Gasteiger partial charge in [0.15, 0.2) is 4.80 Å². The average molecular weight is 477 g/mol. The van der Waals surface area contributed by atoms with Gasteiger partial charge < -0.3 is 13.7 Å². The third kappa shape index (κ3) is 4.14. The van der Waals surface area contributed by atoms with E-state index in [0.717, 1.165) is 11.3 Å². The summed E-state index contributed by atoms with van der Waals surface area (Å²) in [6, 6.07) is 11.6. The molecule has 0 aliphatic carbocycles. The van der Waals surface area contributed by atoms with E-state index in [2.05, 4.69) is 4.99 Å². The normalized spacial score (nSPS) is 11.9. The van der Waals surface area contributed by atoms with Crippen molar-refractivity contribution in [3.05, 3.63) is 73.3 Å². The first-order valence-electron chi connectivity index (χ1n) is 9.14. The summed E-state index contributed by atoms with van der Waals surface area (Å²) in [5.41, 5.74) is -0.205. The molecule has 2 heterocycles. The standard InChI is InChI=1S/C21H14Cl2N2O5S/c1-2-29-16(26)10-25-18-15(8-7-13(22)17(18)23)31-21(25)24-19(27)12-9-11-5-3-4-6-14(11)30-20(12)28/h3-9H,2,10H2,1H3. The Kier molecular flexibility index (Phi) is 5.95. The lowest BCUT2D eigenvalue weighted by atomic mass is 10.2. The van der Waals surface area contributed by atoms with Crippen molar-refractivity contribution in [2.24, 2.45) is 4.99 Å². The minimum Gasteiger partial charge on any atom is -0.465 e. The highest BCUT2D eigenvalue weighted by Gasteiger charge is 2.18. The minimum atomic E-state index is -0.800. The number of carbonyl (C=O) groups excluding carboxylic acids is 2. The second-order valence-corrected chi connectivity index (χ2v) is 8.18. The van der Waals surface area contributed by atoms with Crippen molar-refractivity contribution in [3.8, 4) is 0 Å². The fourth-order valence-electron chi connectivity index (χ4n) is 3.03. The number of hydrogen-bond donors (Lipinski definition) is 0. The summed E-state index contributed by atoms with van der Waals surface area (Å²) >= 11 is 13.6. The van der Waals surface area contributed by atoms with Gasteiger partial charge in [-0.3, -0.25) is 9.59 Å². The number of thiazole rings is 1. The number of esters is 1. The molecule has 0 aliphatic rings. The summed E-state index contributed by atoms with van der Waals surface area (Å²) in [5.74, 6) is -1.33. The van der Waals surface area contributed by atoms with Crippen LogP contribution in [0.1, 0.15) is 17.3 Å². The van der Waals surface area contributed by atoms with Gasteiger partial charge in [0.1, 0.15) is 17.7 Å². The summed E-state index contributed by atoms with van der Waals surface area (Å²) in [6.45, 7) is 1.65. The largest absolute Gasteiger partial charge is 0.465 e. The van der Waals surface area contributed by atoms with Gasteiger partial charge in [-0.25, -0.2) is 4.79 Å². The zero-order chi connectivity index (χ0) is 22.1. The molecule has 10 heteroatoms. The van der Waals surface area contributed by atoms with Gasteiger partial charge in [-0.1, -0.05) is 52.7 Å². The van der Waals surface area contributed by atoms with Crippen LogP contribution < -0.4 is 10.4 Å². The Labute approximate surface area is 189 Å². The molecule has 0 atom stereocenters. The topological polar surface area (TPSA) is 90.9 Å². The molecule has 4 aromatic rings. The molecule has 0 fully saturated rings. The van der Waals surface area contributed by atoms with Crippen molar-refractivity contribution in [1.29, 1.82) is 0 Å². The second kappa shape index (κ2) is 8.66. The molecule has 1 amide bonds. The summed E-state index contributed by atoms with van der Waals surface area (Å²) in [5, 5.41) is 1.10. The Morgan fingerprint density at radius 2 is 1.97 bits per heavy atom. The van der Waals surface area contributed by atoms with Crippen LogP contribution in [0.5, 0.6) is 0 Å². The Morgan fingerprint density at radius 3 is 2.74 bits per heavy atom. The van der Waals surface area contributed by atoms with Crippen molar-refractivity contribution >= 4 is 67.6 Å². The first kappa shape index (κ1) is 21.3. The number of halogens is 2. The Hall–Kier alpha value is -2.94. The van der Waals surface area contributed by atoms with Crippen molar-refractivity contribution in [3.63, 3.8) is 0 Å². The second-order valence-electron chi connectivity index (χ2n) is 6.39. The van der Waals surface area contributed by atoms with E-state index in [-0.39, 0.29) is 33.6 Å². The Balaban J connectivity index is 1.89. The molecular weight excluding hydrogens is 463 g/mol. The van der Waals surface area contributed by atoms with Crippen molar-refractivity contribution in [2.75, 3.05) is 6.61 Å². The highest BCUT2D eigenvalue weighted by atomic mass is 35.5. The Morgan fingerprint density at radius 1 is 1.19 bits per heavy atom. The average Bonchev–Trinajstić information content (AvgIpc) is 3.07. The van der Waals surface area contributed by atoms with E-state index in [0.29, 0.717) is 21.2 Å². The molecule has 0 radical (unpaired) electrons. The van der Waals surface area contributed by atoms with Crippen molar-refractivity contribution in [2.45, 2.75) is 13.5 Å². The van der Waals surface area contributed by atoms with E-state index in [1.54, 1.807) is 43.3 Å². The van der Waals surface area contributed by atoms with Crippen LogP contribution in [0.15, 0.2) is 56.7 Å². The number of amides is 1. The SMILES string of the molecule is CCOC(=O)Cn1c(=NC(=O)c2cc3ccccc3oc2=O)sc2ccc(Cl)c(Cl)c21.